The number of nitrogens with one attached hydrogen (secondary N) is 1. The van der Waals surface area contributed by atoms with Gasteiger partial charge in [0.15, 0.2) is 10.8 Å². The lowest BCUT2D eigenvalue weighted by Crippen LogP contribution is -2.19. The van der Waals surface area contributed by atoms with Crippen LogP contribution in [0.3, 0.4) is 0 Å². The van der Waals surface area contributed by atoms with E-state index in [0.717, 1.165) is 16.8 Å². The van der Waals surface area contributed by atoms with E-state index < -0.39 is 0 Å². The maximum Gasteiger partial charge on any atom is 0.350 e. The highest BCUT2D eigenvalue weighted by Gasteiger charge is 2.15. The highest BCUT2D eigenvalue weighted by molar-refractivity contribution is 7.99. The number of aryl methyl sites for hydroxylation is 1. The van der Waals surface area contributed by atoms with Gasteiger partial charge in [-0.05, 0) is 12.5 Å². The first-order chi connectivity index (χ1) is 10.2. The summed E-state index contributed by atoms with van der Waals surface area (Å²) in [4.78, 5) is 19.4. The van der Waals surface area contributed by atoms with Gasteiger partial charge in [-0.2, -0.15) is 9.61 Å². The predicted octanol–water partition coefficient (Wildman–Crippen LogP) is 2.67. The number of rotatable bonds is 4. The minimum absolute atomic E-state index is 0.281. The number of H-pyrrole nitrogens is 1. The van der Waals surface area contributed by atoms with Crippen LogP contribution in [0.4, 0.5) is 0 Å². The molecule has 0 amide bonds. The van der Waals surface area contributed by atoms with Crippen LogP contribution in [0.15, 0.2) is 52.9 Å². The lowest BCUT2D eigenvalue weighted by molar-refractivity contribution is 0.780. The Morgan fingerprint density at radius 1 is 1.38 bits per heavy atom. The fourth-order valence-electron chi connectivity index (χ4n) is 2.18. The molecule has 0 spiro atoms. The lowest BCUT2D eigenvalue weighted by Gasteiger charge is -2.02. The van der Waals surface area contributed by atoms with Crippen LogP contribution >= 0.6 is 11.8 Å². The number of hydrogen-bond donors (Lipinski definition) is 1. The van der Waals surface area contributed by atoms with E-state index in [0.29, 0.717) is 16.6 Å². The molecule has 106 valence electrons. The van der Waals surface area contributed by atoms with Gasteiger partial charge in [0.25, 0.3) is 0 Å². The van der Waals surface area contributed by atoms with Crippen LogP contribution < -0.4 is 5.69 Å². The van der Waals surface area contributed by atoms with E-state index in [1.54, 1.807) is 6.08 Å². The Hall–Kier alpha value is -2.34. The molecule has 2 aromatic heterocycles. The van der Waals surface area contributed by atoms with Gasteiger partial charge in [0, 0.05) is 11.3 Å². The van der Waals surface area contributed by atoms with Gasteiger partial charge in [-0.25, -0.2) is 9.78 Å². The molecule has 0 unspecified atom stereocenters. The maximum atomic E-state index is 12.1. The third-order valence-corrected chi connectivity index (χ3v) is 3.92. The zero-order chi connectivity index (χ0) is 14.8. The van der Waals surface area contributed by atoms with Crippen molar-refractivity contribution in [2.24, 2.45) is 0 Å². The molecule has 3 rings (SSSR count). The van der Waals surface area contributed by atoms with E-state index in [1.165, 1.54) is 16.3 Å². The smallest absolute Gasteiger partial charge is 0.285 e. The highest BCUT2D eigenvalue weighted by atomic mass is 32.2. The molecule has 5 nitrogen and oxygen atoms in total. The van der Waals surface area contributed by atoms with Gasteiger partial charge in [0.2, 0.25) is 0 Å². The fourth-order valence-corrected chi connectivity index (χ4v) is 2.76. The molecule has 0 bridgehead atoms. The van der Waals surface area contributed by atoms with E-state index in [9.17, 15) is 4.79 Å². The SMILES string of the molecule is C=CCSc1nc2c(-c3ccccc3)c(C)nn2c(=O)[nH]1. The van der Waals surface area contributed by atoms with Crippen LogP contribution in [0.2, 0.25) is 0 Å². The van der Waals surface area contributed by atoms with Gasteiger partial charge in [-0.15, -0.1) is 6.58 Å². The number of hydrogen-bond acceptors (Lipinski definition) is 4. The minimum atomic E-state index is -0.281. The largest absolute Gasteiger partial charge is 0.350 e. The summed E-state index contributed by atoms with van der Waals surface area (Å²) >= 11 is 1.44. The minimum Gasteiger partial charge on any atom is -0.285 e. The van der Waals surface area contributed by atoms with Crippen LogP contribution in [0.5, 0.6) is 0 Å². The van der Waals surface area contributed by atoms with Crippen molar-refractivity contribution in [3.63, 3.8) is 0 Å². The first-order valence-electron chi connectivity index (χ1n) is 6.49. The van der Waals surface area contributed by atoms with Crippen LogP contribution in [0, 0.1) is 6.92 Å². The molecule has 0 aliphatic heterocycles. The Bertz CT molecular complexity index is 851. The average Bonchev–Trinajstić information content (AvgIpc) is 2.83. The molecule has 1 aromatic carbocycles. The van der Waals surface area contributed by atoms with Gasteiger partial charge < -0.3 is 0 Å². The van der Waals surface area contributed by atoms with E-state index in [1.807, 2.05) is 37.3 Å². The Labute approximate surface area is 125 Å². The molecule has 6 heteroatoms. The number of thioether (sulfide) groups is 1. The topological polar surface area (TPSA) is 63.1 Å². The summed E-state index contributed by atoms with van der Waals surface area (Å²) in [6.45, 7) is 5.55. The summed E-state index contributed by atoms with van der Waals surface area (Å²) in [6.07, 6.45) is 1.77. The number of nitrogens with zero attached hydrogens (tertiary/aromatic N) is 3. The summed E-state index contributed by atoms with van der Waals surface area (Å²) in [5.74, 6) is 0.687. The van der Waals surface area contributed by atoms with Crippen molar-refractivity contribution in [1.29, 1.82) is 0 Å². The molecule has 0 fully saturated rings. The van der Waals surface area contributed by atoms with Crippen LogP contribution in [0.25, 0.3) is 16.8 Å². The third kappa shape index (κ3) is 2.50. The van der Waals surface area contributed by atoms with Crippen LogP contribution in [0.1, 0.15) is 5.69 Å². The number of aromatic nitrogens is 4. The van der Waals surface area contributed by atoms with E-state index >= 15 is 0 Å². The second-order valence-electron chi connectivity index (χ2n) is 4.51. The summed E-state index contributed by atoms with van der Waals surface area (Å²) in [5, 5.41) is 4.87. The van der Waals surface area contributed by atoms with Gasteiger partial charge >= 0.3 is 5.69 Å². The summed E-state index contributed by atoms with van der Waals surface area (Å²) in [7, 11) is 0. The quantitative estimate of drug-likeness (QED) is 0.594. The van der Waals surface area contributed by atoms with Crippen molar-refractivity contribution in [3.8, 4) is 11.1 Å². The van der Waals surface area contributed by atoms with Gasteiger partial charge in [-0.3, -0.25) is 4.98 Å². The van der Waals surface area contributed by atoms with Gasteiger partial charge in [0.05, 0.1) is 5.69 Å². The van der Waals surface area contributed by atoms with Crippen molar-refractivity contribution in [2.45, 2.75) is 12.1 Å². The van der Waals surface area contributed by atoms with E-state index in [2.05, 4.69) is 21.6 Å². The van der Waals surface area contributed by atoms with Crippen molar-refractivity contribution >= 4 is 17.4 Å². The molecule has 0 saturated carbocycles. The van der Waals surface area contributed by atoms with E-state index in [4.69, 9.17) is 0 Å². The molecule has 0 atom stereocenters. The molecule has 0 saturated heterocycles. The molecule has 0 aliphatic rings. The molecule has 2 heterocycles. The second-order valence-corrected chi connectivity index (χ2v) is 5.52. The summed E-state index contributed by atoms with van der Waals surface area (Å²) in [5.41, 5.74) is 2.97. The molecule has 3 aromatic rings. The molecular weight excluding hydrogens is 284 g/mol. The number of fused-ring (bicyclic) bond motifs is 1. The van der Waals surface area contributed by atoms with Gasteiger partial charge in [-0.1, -0.05) is 48.2 Å². The molecular formula is C15H14N4OS. The Morgan fingerprint density at radius 3 is 2.86 bits per heavy atom. The Morgan fingerprint density at radius 2 is 2.14 bits per heavy atom. The first kappa shape index (κ1) is 13.6. The number of aromatic amines is 1. The third-order valence-electron chi connectivity index (χ3n) is 3.05. The zero-order valence-corrected chi connectivity index (χ0v) is 12.4. The zero-order valence-electron chi connectivity index (χ0n) is 11.5. The fraction of sp³-hybridized carbons (Fsp3) is 0.133. The second kappa shape index (κ2) is 5.57. The predicted molar refractivity (Wildman–Crippen MR) is 84.7 cm³/mol. The van der Waals surface area contributed by atoms with Crippen molar-refractivity contribution in [1.82, 2.24) is 19.6 Å². The highest BCUT2D eigenvalue weighted by Crippen LogP contribution is 2.26. The van der Waals surface area contributed by atoms with Crippen LogP contribution in [-0.2, 0) is 0 Å². The monoisotopic (exact) mass is 298 g/mol. The maximum absolute atomic E-state index is 12.1. The normalized spacial score (nSPS) is 10.9. The summed E-state index contributed by atoms with van der Waals surface area (Å²) in [6, 6.07) is 9.85. The van der Waals surface area contributed by atoms with Crippen LogP contribution in [-0.4, -0.2) is 25.3 Å². The lowest BCUT2D eigenvalue weighted by atomic mass is 10.1. The Balaban J connectivity index is 2.24. The van der Waals surface area contributed by atoms with Crippen molar-refractivity contribution < 1.29 is 0 Å². The molecule has 1 N–H and O–H groups in total. The first-order valence-corrected chi connectivity index (χ1v) is 7.48. The standard InChI is InChI=1S/C15H14N4OS/c1-3-9-21-14-16-13-12(11-7-5-4-6-8-11)10(2)18-19(13)15(20)17-14/h3-8H,1,9H2,2H3,(H,16,17,20). The Kier molecular flexibility index (Phi) is 3.62. The molecule has 0 aliphatic carbocycles. The van der Waals surface area contributed by atoms with Gasteiger partial charge in [0.1, 0.15) is 0 Å². The number of benzene rings is 1. The average molecular weight is 298 g/mol. The van der Waals surface area contributed by atoms with Crippen molar-refractivity contribution in [3.05, 3.63) is 59.2 Å². The van der Waals surface area contributed by atoms with Crippen molar-refractivity contribution in [2.75, 3.05) is 5.75 Å². The molecule has 21 heavy (non-hydrogen) atoms. The van der Waals surface area contributed by atoms with E-state index in [-0.39, 0.29) is 5.69 Å². The molecule has 0 radical (unpaired) electrons. The summed E-state index contributed by atoms with van der Waals surface area (Å²) < 4.78 is 1.32.